The van der Waals surface area contributed by atoms with Crippen LogP contribution in [0.4, 0.5) is 0 Å². The molecule has 0 N–H and O–H groups in total. The third kappa shape index (κ3) is 4.31. The van der Waals surface area contributed by atoms with E-state index in [1.165, 1.54) is 0 Å². The molecule has 7 heteroatoms. The molecule has 3 aromatic rings. The van der Waals surface area contributed by atoms with Crippen LogP contribution in [0.5, 0.6) is 5.75 Å². The summed E-state index contributed by atoms with van der Waals surface area (Å²) in [5.41, 5.74) is 1.66. The number of aryl methyl sites for hydroxylation is 1. The molecule has 0 spiro atoms. The number of hydrogen-bond acceptors (Lipinski definition) is 6. The Kier molecular flexibility index (Phi) is 5.99. The van der Waals surface area contributed by atoms with Crippen molar-refractivity contribution < 1.29 is 14.3 Å². The fourth-order valence-corrected chi connectivity index (χ4v) is 4.62. The smallest absolute Gasteiger partial charge is 0.261 e. The summed E-state index contributed by atoms with van der Waals surface area (Å²) < 4.78 is 7.50. The molecule has 0 aliphatic carbocycles. The first-order valence-electron chi connectivity index (χ1n) is 9.97. The molecule has 4 rings (SSSR count). The summed E-state index contributed by atoms with van der Waals surface area (Å²) in [5.74, 6) is 1.44. The van der Waals surface area contributed by atoms with Gasteiger partial charge in [0.25, 0.3) is 5.56 Å². The lowest BCUT2D eigenvalue weighted by Crippen LogP contribution is -2.27. The SMILES string of the molecule is CCc1nc2ccccc2c(=O)n1CCOc1ccc(CC2SC(=O)CC2=O)cc1. The molecule has 1 aromatic heterocycles. The van der Waals surface area contributed by atoms with Gasteiger partial charge in [0.1, 0.15) is 18.2 Å². The number of ether oxygens (including phenoxy) is 1. The van der Waals surface area contributed by atoms with Gasteiger partial charge in [-0.2, -0.15) is 0 Å². The molecule has 0 saturated carbocycles. The van der Waals surface area contributed by atoms with Gasteiger partial charge in [0, 0.05) is 6.42 Å². The molecular formula is C23H22N2O4S. The highest BCUT2D eigenvalue weighted by molar-refractivity contribution is 8.15. The van der Waals surface area contributed by atoms with Crippen molar-refractivity contribution in [1.82, 2.24) is 9.55 Å². The van der Waals surface area contributed by atoms with Crippen LogP contribution >= 0.6 is 11.8 Å². The van der Waals surface area contributed by atoms with Crippen LogP contribution in [0.15, 0.2) is 53.3 Å². The average molecular weight is 423 g/mol. The van der Waals surface area contributed by atoms with E-state index in [2.05, 4.69) is 4.98 Å². The van der Waals surface area contributed by atoms with Crippen LogP contribution in [0.3, 0.4) is 0 Å². The highest BCUT2D eigenvalue weighted by Gasteiger charge is 2.31. The van der Waals surface area contributed by atoms with Gasteiger partial charge >= 0.3 is 0 Å². The number of fused-ring (bicyclic) bond motifs is 1. The molecule has 1 unspecified atom stereocenters. The van der Waals surface area contributed by atoms with E-state index in [-0.39, 0.29) is 28.1 Å². The van der Waals surface area contributed by atoms with Crippen molar-refractivity contribution in [1.29, 1.82) is 0 Å². The van der Waals surface area contributed by atoms with E-state index in [1.54, 1.807) is 10.6 Å². The highest BCUT2D eigenvalue weighted by atomic mass is 32.2. The molecule has 1 saturated heterocycles. The van der Waals surface area contributed by atoms with E-state index in [4.69, 9.17) is 4.74 Å². The van der Waals surface area contributed by atoms with Gasteiger partial charge in [-0.1, -0.05) is 43.0 Å². The number of carbonyl (C=O) groups excluding carboxylic acids is 2. The number of thioether (sulfide) groups is 1. The number of nitrogens with zero attached hydrogens (tertiary/aromatic N) is 2. The minimum Gasteiger partial charge on any atom is -0.492 e. The van der Waals surface area contributed by atoms with E-state index < -0.39 is 0 Å². The third-order valence-corrected chi connectivity index (χ3v) is 6.26. The Bertz CT molecular complexity index is 1150. The molecular weight excluding hydrogens is 400 g/mol. The highest BCUT2D eigenvalue weighted by Crippen LogP contribution is 2.28. The molecule has 1 atom stereocenters. The van der Waals surface area contributed by atoms with Gasteiger partial charge in [-0.25, -0.2) is 4.98 Å². The van der Waals surface area contributed by atoms with Gasteiger partial charge in [0.05, 0.1) is 29.1 Å². The summed E-state index contributed by atoms with van der Waals surface area (Å²) in [6.07, 6.45) is 1.25. The standard InChI is InChI=1S/C23H22N2O4S/c1-2-21-24-18-6-4-3-5-17(18)23(28)25(21)11-12-29-16-9-7-15(8-10-16)13-20-19(26)14-22(27)30-20/h3-10,20H,2,11-14H2,1H3. The van der Waals surface area contributed by atoms with Crippen molar-refractivity contribution in [2.75, 3.05) is 6.61 Å². The second kappa shape index (κ2) is 8.83. The van der Waals surface area contributed by atoms with Gasteiger partial charge in [-0.05, 0) is 36.2 Å². The quantitative estimate of drug-likeness (QED) is 0.544. The Balaban J connectivity index is 1.40. The normalized spacial score (nSPS) is 16.4. The molecule has 1 aliphatic rings. The summed E-state index contributed by atoms with van der Waals surface area (Å²) in [7, 11) is 0. The molecule has 1 fully saturated rings. The van der Waals surface area contributed by atoms with Gasteiger partial charge in [-0.15, -0.1) is 0 Å². The zero-order valence-corrected chi connectivity index (χ0v) is 17.5. The summed E-state index contributed by atoms with van der Waals surface area (Å²) in [4.78, 5) is 40.6. The number of aromatic nitrogens is 2. The number of carbonyl (C=O) groups is 2. The molecule has 0 bridgehead atoms. The van der Waals surface area contributed by atoms with Crippen LogP contribution < -0.4 is 10.3 Å². The number of hydrogen-bond donors (Lipinski definition) is 0. The molecule has 2 aromatic carbocycles. The van der Waals surface area contributed by atoms with Crippen LogP contribution in [0, 0.1) is 0 Å². The van der Waals surface area contributed by atoms with Crippen LogP contribution in [-0.2, 0) is 29.0 Å². The third-order valence-electron chi connectivity index (χ3n) is 5.14. The first kappa shape index (κ1) is 20.3. The van der Waals surface area contributed by atoms with Crippen molar-refractivity contribution in [2.45, 2.75) is 38.0 Å². The Morgan fingerprint density at radius 1 is 1.10 bits per heavy atom. The van der Waals surface area contributed by atoms with E-state index in [0.29, 0.717) is 42.6 Å². The second-order valence-electron chi connectivity index (χ2n) is 7.17. The number of benzene rings is 2. The maximum Gasteiger partial charge on any atom is 0.261 e. The molecule has 6 nitrogen and oxygen atoms in total. The fraction of sp³-hybridized carbons (Fsp3) is 0.304. The largest absolute Gasteiger partial charge is 0.492 e. The van der Waals surface area contributed by atoms with Crippen LogP contribution in [0.2, 0.25) is 0 Å². The lowest BCUT2D eigenvalue weighted by molar-refractivity contribution is -0.121. The Morgan fingerprint density at radius 3 is 2.57 bits per heavy atom. The van der Waals surface area contributed by atoms with Gasteiger partial charge < -0.3 is 4.74 Å². The van der Waals surface area contributed by atoms with Crippen LogP contribution in [0.25, 0.3) is 10.9 Å². The minimum atomic E-state index is -0.274. The summed E-state index contributed by atoms with van der Waals surface area (Å²) in [6, 6.07) is 14.9. The molecule has 154 valence electrons. The van der Waals surface area contributed by atoms with Crippen molar-refractivity contribution in [3.8, 4) is 5.75 Å². The maximum absolute atomic E-state index is 12.8. The van der Waals surface area contributed by atoms with Crippen molar-refractivity contribution >= 4 is 33.6 Å². The minimum absolute atomic E-state index is 0.00601. The van der Waals surface area contributed by atoms with E-state index in [0.717, 1.165) is 23.1 Å². The zero-order chi connectivity index (χ0) is 21.1. The summed E-state index contributed by atoms with van der Waals surface area (Å²) >= 11 is 1.13. The molecule has 0 radical (unpaired) electrons. The summed E-state index contributed by atoms with van der Waals surface area (Å²) in [5, 5.41) is 0.288. The van der Waals surface area contributed by atoms with E-state index in [9.17, 15) is 14.4 Å². The van der Waals surface area contributed by atoms with Gasteiger partial charge in [-0.3, -0.25) is 19.0 Å². The average Bonchev–Trinajstić information content (AvgIpc) is 3.07. The Hall–Kier alpha value is -2.93. The molecule has 0 amide bonds. The lowest BCUT2D eigenvalue weighted by Gasteiger charge is -2.13. The van der Waals surface area contributed by atoms with Crippen LogP contribution in [-0.4, -0.2) is 32.3 Å². The van der Waals surface area contributed by atoms with Crippen molar-refractivity contribution in [2.24, 2.45) is 0 Å². The zero-order valence-electron chi connectivity index (χ0n) is 16.7. The van der Waals surface area contributed by atoms with Gasteiger partial charge in [0.2, 0.25) is 0 Å². The van der Waals surface area contributed by atoms with E-state index >= 15 is 0 Å². The number of rotatable bonds is 7. The predicted molar refractivity (Wildman–Crippen MR) is 117 cm³/mol. The van der Waals surface area contributed by atoms with Crippen LogP contribution in [0.1, 0.15) is 24.7 Å². The molecule has 30 heavy (non-hydrogen) atoms. The second-order valence-corrected chi connectivity index (χ2v) is 8.43. The Labute approximate surface area is 178 Å². The van der Waals surface area contributed by atoms with Gasteiger partial charge in [0.15, 0.2) is 10.9 Å². The topological polar surface area (TPSA) is 78.3 Å². The van der Waals surface area contributed by atoms with Crippen molar-refractivity contribution in [3.63, 3.8) is 0 Å². The van der Waals surface area contributed by atoms with Crippen molar-refractivity contribution in [3.05, 3.63) is 70.3 Å². The first-order valence-corrected chi connectivity index (χ1v) is 10.9. The first-order chi connectivity index (χ1) is 14.5. The maximum atomic E-state index is 12.8. The number of Topliss-reactive ketones (excluding diaryl/α,β-unsaturated/α-hetero) is 1. The summed E-state index contributed by atoms with van der Waals surface area (Å²) in [6.45, 7) is 2.74. The molecule has 1 aliphatic heterocycles. The van der Waals surface area contributed by atoms with E-state index in [1.807, 2.05) is 49.4 Å². The molecule has 2 heterocycles. The predicted octanol–water partition coefficient (Wildman–Crippen LogP) is 3.18. The lowest BCUT2D eigenvalue weighted by atomic mass is 10.1. The number of para-hydroxylation sites is 1. The monoisotopic (exact) mass is 422 g/mol. The number of ketones is 1. The Morgan fingerprint density at radius 2 is 1.87 bits per heavy atom. The fourth-order valence-electron chi connectivity index (χ4n) is 3.58.